The molecule has 1 saturated heterocycles. The van der Waals surface area contributed by atoms with Gasteiger partial charge in [0, 0.05) is 43.3 Å². The Bertz CT molecular complexity index is 1210. The van der Waals surface area contributed by atoms with Gasteiger partial charge >= 0.3 is 0 Å². The number of likely N-dealkylation sites (N-methyl/N-ethyl adjacent to an activating group) is 1. The lowest BCUT2D eigenvalue weighted by molar-refractivity contribution is -0.132. The summed E-state index contributed by atoms with van der Waals surface area (Å²) in [6.07, 6.45) is 0. The molecule has 182 valence electrons. The number of amides is 2. The molecule has 2 aromatic carbocycles. The summed E-state index contributed by atoms with van der Waals surface area (Å²) in [6, 6.07) is 15.9. The predicted octanol–water partition coefficient (Wildman–Crippen LogP) is 4.91. The molecule has 0 bridgehead atoms. The zero-order chi connectivity index (χ0) is 24.9. The van der Waals surface area contributed by atoms with E-state index in [4.69, 9.17) is 34.8 Å². The summed E-state index contributed by atoms with van der Waals surface area (Å²) in [6.45, 7) is 4.57. The molecule has 0 radical (unpaired) electrons. The van der Waals surface area contributed by atoms with Crippen LogP contribution in [0, 0.1) is 0 Å². The van der Waals surface area contributed by atoms with Crippen LogP contribution in [-0.2, 0) is 4.79 Å². The number of rotatable bonds is 6. The summed E-state index contributed by atoms with van der Waals surface area (Å²) in [4.78, 5) is 31.1. The Morgan fingerprint density at radius 2 is 1.66 bits per heavy atom. The van der Waals surface area contributed by atoms with Crippen molar-refractivity contribution in [1.29, 1.82) is 0 Å². The molecule has 10 heteroatoms. The lowest BCUT2D eigenvalue weighted by Gasteiger charge is -2.36. The first-order chi connectivity index (χ1) is 16.9. The second-order valence-electron chi connectivity index (χ2n) is 8.07. The van der Waals surface area contributed by atoms with E-state index in [0.717, 1.165) is 11.4 Å². The molecule has 0 atom stereocenters. The van der Waals surface area contributed by atoms with Crippen molar-refractivity contribution >= 4 is 52.4 Å². The van der Waals surface area contributed by atoms with Gasteiger partial charge in [-0.2, -0.15) is 0 Å². The average Bonchev–Trinajstić information content (AvgIpc) is 2.87. The van der Waals surface area contributed by atoms with Crippen LogP contribution < -0.4 is 4.90 Å². The molecule has 1 fully saturated rings. The average molecular weight is 533 g/mol. The van der Waals surface area contributed by atoms with Gasteiger partial charge in [0.15, 0.2) is 5.82 Å². The molecule has 0 N–H and O–H groups in total. The Labute approximate surface area is 219 Å². The fourth-order valence-electron chi connectivity index (χ4n) is 3.92. The molecule has 2 amide bonds. The van der Waals surface area contributed by atoms with Gasteiger partial charge in [-0.15, -0.1) is 10.2 Å². The van der Waals surface area contributed by atoms with Crippen molar-refractivity contribution in [2.24, 2.45) is 0 Å². The van der Waals surface area contributed by atoms with E-state index in [9.17, 15) is 9.59 Å². The van der Waals surface area contributed by atoms with Crippen LogP contribution in [0.15, 0.2) is 54.6 Å². The molecule has 4 rings (SSSR count). The van der Waals surface area contributed by atoms with Crippen molar-refractivity contribution < 1.29 is 9.59 Å². The van der Waals surface area contributed by atoms with E-state index in [1.807, 2.05) is 25.1 Å². The van der Waals surface area contributed by atoms with E-state index in [1.54, 1.807) is 41.3 Å². The fourth-order valence-corrected chi connectivity index (χ4v) is 4.64. The number of piperazine rings is 1. The second kappa shape index (κ2) is 11.2. The third kappa shape index (κ3) is 5.86. The number of anilines is 1. The van der Waals surface area contributed by atoms with E-state index in [-0.39, 0.29) is 18.4 Å². The van der Waals surface area contributed by atoms with Crippen LogP contribution in [-0.4, -0.2) is 71.1 Å². The zero-order valence-corrected chi connectivity index (χ0v) is 21.4. The Morgan fingerprint density at radius 1 is 0.914 bits per heavy atom. The molecule has 7 nitrogen and oxygen atoms in total. The maximum absolute atomic E-state index is 12.9. The summed E-state index contributed by atoms with van der Waals surface area (Å²) >= 11 is 18.4. The summed E-state index contributed by atoms with van der Waals surface area (Å²) < 4.78 is 0. The number of hydrogen-bond donors (Lipinski definition) is 0. The molecule has 3 aromatic rings. The Hall–Kier alpha value is -2.87. The molecule has 0 aliphatic carbocycles. The van der Waals surface area contributed by atoms with Crippen LogP contribution in [0.4, 0.5) is 5.82 Å². The lowest BCUT2D eigenvalue weighted by Crippen LogP contribution is -2.52. The fraction of sp³-hybridized carbons (Fsp3) is 0.280. The molecule has 0 spiro atoms. The molecular weight excluding hydrogens is 509 g/mol. The minimum atomic E-state index is -0.249. The van der Waals surface area contributed by atoms with Crippen LogP contribution in [0.3, 0.4) is 0 Å². The van der Waals surface area contributed by atoms with Crippen molar-refractivity contribution in [3.63, 3.8) is 0 Å². The highest BCUT2D eigenvalue weighted by molar-refractivity contribution is 6.36. The predicted molar refractivity (Wildman–Crippen MR) is 139 cm³/mol. The van der Waals surface area contributed by atoms with Crippen LogP contribution in [0.25, 0.3) is 11.3 Å². The van der Waals surface area contributed by atoms with Crippen molar-refractivity contribution in [2.45, 2.75) is 6.92 Å². The zero-order valence-electron chi connectivity index (χ0n) is 19.1. The highest BCUT2D eigenvalue weighted by Gasteiger charge is 2.26. The highest BCUT2D eigenvalue weighted by atomic mass is 35.5. The van der Waals surface area contributed by atoms with Crippen molar-refractivity contribution in [3.8, 4) is 11.3 Å². The molecule has 2 heterocycles. The normalized spacial score (nSPS) is 13.6. The number of carbonyl (C=O) groups is 2. The quantitative estimate of drug-likeness (QED) is 0.451. The standard InChI is InChI=1S/C25H24Cl3N5O2/c1-2-31(25(35)19-5-3-4-6-20(19)27)16-24(34)33-13-11-32(12-14-33)23-10-9-22(29-30-23)18-8-7-17(26)15-21(18)28/h3-10,15H,2,11-14,16H2,1H3. The first kappa shape index (κ1) is 25.2. The smallest absolute Gasteiger partial charge is 0.255 e. The second-order valence-corrected chi connectivity index (χ2v) is 9.32. The largest absolute Gasteiger partial charge is 0.352 e. The molecule has 0 saturated carbocycles. The number of carbonyl (C=O) groups excluding carboxylic acids is 2. The summed E-state index contributed by atoms with van der Waals surface area (Å²) in [7, 11) is 0. The minimum Gasteiger partial charge on any atom is -0.352 e. The van der Waals surface area contributed by atoms with E-state index in [1.165, 1.54) is 4.90 Å². The van der Waals surface area contributed by atoms with Gasteiger partial charge in [-0.25, -0.2) is 0 Å². The van der Waals surface area contributed by atoms with Gasteiger partial charge in [0.2, 0.25) is 5.91 Å². The number of aromatic nitrogens is 2. The molecule has 1 aliphatic heterocycles. The van der Waals surface area contributed by atoms with Crippen LogP contribution in [0.1, 0.15) is 17.3 Å². The van der Waals surface area contributed by atoms with Gasteiger partial charge in [-0.05, 0) is 49.4 Å². The minimum absolute atomic E-state index is 0.0108. The Balaban J connectivity index is 1.34. The summed E-state index contributed by atoms with van der Waals surface area (Å²) in [5.41, 5.74) is 1.82. The molecule has 0 unspecified atom stereocenters. The van der Waals surface area contributed by atoms with Gasteiger partial charge in [0.05, 0.1) is 21.3 Å². The van der Waals surface area contributed by atoms with Crippen LogP contribution in [0.2, 0.25) is 15.1 Å². The molecule has 1 aliphatic rings. The number of nitrogens with zero attached hydrogens (tertiary/aromatic N) is 5. The van der Waals surface area contributed by atoms with Gasteiger partial charge in [-0.3, -0.25) is 9.59 Å². The molecule has 35 heavy (non-hydrogen) atoms. The van der Waals surface area contributed by atoms with Crippen LogP contribution >= 0.6 is 34.8 Å². The summed E-state index contributed by atoms with van der Waals surface area (Å²) in [5.74, 6) is 0.391. The van der Waals surface area contributed by atoms with Crippen molar-refractivity contribution in [2.75, 3.05) is 44.2 Å². The van der Waals surface area contributed by atoms with Crippen LogP contribution in [0.5, 0.6) is 0 Å². The maximum atomic E-state index is 12.9. The highest BCUT2D eigenvalue weighted by Crippen LogP contribution is 2.29. The van der Waals surface area contributed by atoms with E-state index in [0.29, 0.717) is 59.0 Å². The monoisotopic (exact) mass is 531 g/mol. The number of hydrogen-bond acceptors (Lipinski definition) is 5. The lowest BCUT2D eigenvalue weighted by atomic mass is 10.1. The summed E-state index contributed by atoms with van der Waals surface area (Å²) in [5, 5.41) is 10.1. The number of halogens is 3. The number of benzene rings is 2. The third-order valence-electron chi connectivity index (χ3n) is 5.91. The van der Waals surface area contributed by atoms with Gasteiger partial charge in [0.25, 0.3) is 5.91 Å². The first-order valence-corrected chi connectivity index (χ1v) is 12.4. The van der Waals surface area contributed by atoms with Crippen molar-refractivity contribution in [1.82, 2.24) is 20.0 Å². The van der Waals surface area contributed by atoms with E-state index < -0.39 is 0 Å². The topological polar surface area (TPSA) is 69.6 Å². The molecule has 1 aromatic heterocycles. The van der Waals surface area contributed by atoms with Gasteiger partial charge in [0.1, 0.15) is 6.54 Å². The maximum Gasteiger partial charge on any atom is 0.255 e. The van der Waals surface area contributed by atoms with E-state index >= 15 is 0 Å². The van der Waals surface area contributed by atoms with Gasteiger partial charge in [-0.1, -0.05) is 46.9 Å². The molecular formula is C25H24Cl3N5O2. The van der Waals surface area contributed by atoms with E-state index in [2.05, 4.69) is 15.1 Å². The third-order valence-corrected chi connectivity index (χ3v) is 6.79. The SMILES string of the molecule is CCN(CC(=O)N1CCN(c2ccc(-c3ccc(Cl)cc3Cl)nn2)CC1)C(=O)c1ccccc1Cl. The Morgan fingerprint density at radius 3 is 2.29 bits per heavy atom. The van der Waals surface area contributed by atoms with Crippen molar-refractivity contribution in [3.05, 3.63) is 75.2 Å². The first-order valence-electron chi connectivity index (χ1n) is 11.2. The Kier molecular flexibility index (Phi) is 8.11. The van der Waals surface area contributed by atoms with Gasteiger partial charge < -0.3 is 14.7 Å².